The Morgan fingerprint density at radius 3 is 2.74 bits per heavy atom. The Morgan fingerprint density at radius 2 is 2.13 bits per heavy atom. The summed E-state index contributed by atoms with van der Waals surface area (Å²) in [5.41, 5.74) is 0.672. The van der Waals surface area contributed by atoms with Gasteiger partial charge in [-0.05, 0) is 12.5 Å². The minimum atomic E-state index is -0.897. The molecule has 1 atom stereocenters. The summed E-state index contributed by atoms with van der Waals surface area (Å²) in [7, 11) is 0. The number of benzene rings is 1. The van der Waals surface area contributed by atoms with Gasteiger partial charge < -0.3 is 4.74 Å². The summed E-state index contributed by atoms with van der Waals surface area (Å²) in [6, 6.07) is 9.13. The van der Waals surface area contributed by atoms with Crippen LogP contribution in [-0.2, 0) is 4.74 Å². The molecule has 3 rings (SSSR count). The van der Waals surface area contributed by atoms with E-state index in [0.717, 1.165) is 17.1 Å². The topological polar surface area (TPSA) is 57.0 Å². The molecule has 7 heteroatoms. The minimum Gasteiger partial charge on any atom is -0.460 e. The number of rotatable bonds is 5. The average molecular weight is 335 g/mol. The molecule has 1 aliphatic rings. The molecule has 0 unspecified atom stereocenters. The van der Waals surface area contributed by atoms with E-state index in [0.29, 0.717) is 0 Å². The van der Waals surface area contributed by atoms with Gasteiger partial charge >= 0.3 is 5.97 Å². The number of esters is 1. The fourth-order valence-corrected chi connectivity index (χ4v) is 3.51. The van der Waals surface area contributed by atoms with E-state index in [-0.39, 0.29) is 23.8 Å². The number of carbonyl (C=O) groups excluding carboxylic acids is 1. The number of aromatic nitrogens is 3. The Morgan fingerprint density at radius 1 is 1.43 bits per heavy atom. The summed E-state index contributed by atoms with van der Waals surface area (Å²) in [5, 5.41) is 7.18. The molecule has 0 spiro atoms. The quantitative estimate of drug-likeness (QED) is 0.786. The van der Waals surface area contributed by atoms with E-state index >= 15 is 0 Å². The zero-order chi connectivity index (χ0) is 16.4. The second-order valence-electron chi connectivity index (χ2n) is 6.14. The van der Waals surface area contributed by atoms with Crippen LogP contribution in [0.4, 0.5) is 4.39 Å². The van der Waals surface area contributed by atoms with Crippen molar-refractivity contribution in [1.82, 2.24) is 15.0 Å². The van der Waals surface area contributed by atoms with E-state index in [4.69, 9.17) is 4.74 Å². The van der Waals surface area contributed by atoms with Crippen molar-refractivity contribution in [3.8, 4) is 0 Å². The van der Waals surface area contributed by atoms with E-state index in [9.17, 15) is 9.18 Å². The summed E-state index contributed by atoms with van der Waals surface area (Å²) in [6.45, 7) is 4.17. The van der Waals surface area contributed by atoms with Crippen molar-refractivity contribution in [1.29, 1.82) is 0 Å². The van der Waals surface area contributed by atoms with Gasteiger partial charge in [0.15, 0.2) is 0 Å². The fourth-order valence-electron chi connectivity index (χ4n) is 2.44. The lowest BCUT2D eigenvalue weighted by molar-refractivity contribution is 0.0344. The van der Waals surface area contributed by atoms with Gasteiger partial charge in [-0.2, -0.15) is 16.2 Å². The highest BCUT2D eigenvalue weighted by Gasteiger charge is 2.35. The maximum atomic E-state index is 14.0. The van der Waals surface area contributed by atoms with Crippen LogP contribution >= 0.6 is 11.8 Å². The van der Waals surface area contributed by atoms with Gasteiger partial charge in [-0.3, -0.25) is 0 Å². The number of carbonyl (C=O) groups is 1. The van der Waals surface area contributed by atoms with Crippen LogP contribution in [0.5, 0.6) is 0 Å². The Bertz CT molecular complexity index is 701. The predicted molar refractivity (Wildman–Crippen MR) is 85.9 cm³/mol. The smallest absolute Gasteiger partial charge is 0.361 e. The first-order chi connectivity index (χ1) is 11.0. The number of hydrogen-bond acceptors (Lipinski definition) is 5. The first-order valence-corrected chi connectivity index (χ1v) is 8.56. The van der Waals surface area contributed by atoms with Crippen molar-refractivity contribution >= 4 is 17.7 Å². The normalized spacial score (nSPS) is 17.3. The molecule has 0 amide bonds. The molecule has 5 nitrogen and oxygen atoms in total. The third kappa shape index (κ3) is 3.24. The number of hydrogen-bond donors (Lipinski definition) is 0. The van der Waals surface area contributed by atoms with Gasteiger partial charge in [-0.1, -0.05) is 47.6 Å². The summed E-state index contributed by atoms with van der Waals surface area (Å²) in [4.78, 5) is 12.3. The largest absolute Gasteiger partial charge is 0.460 e. The van der Waals surface area contributed by atoms with Crippen LogP contribution in [0.25, 0.3) is 0 Å². The maximum Gasteiger partial charge on any atom is 0.361 e. The number of nitrogens with zero attached hydrogens (tertiary/aromatic N) is 3. The van der Waals surface area contributed by atoms with Gasteiger partial charge in [0, 0.05) is 16.9 Å². The van der Waals surface area contributed by atoms with E-state index in [1.165, 1.54) is 4.68 Å². The molecule has 0 N–H and O–H groups in total. The zero-order valence-corrected chi connectivity index (χ0v) is 13.8. The SMILES string of the molecule is C[C@H](c1ccccc1)n1nnc(F)c1C(=O)OCC1(C)CSC1. The molecule has 1 saturated heterocycles. The number of halogens is 1. The van der Waals surface area contributed by atoms with Crippen LogP contribution in [0.2, 0.25) is 0 Å². The van der Waals surface area contributed by atoms with Crippen LogP contribution in [0.1, 0.15) is 35.9 Å². The number of thioether (sulfide) groups is 1. The molecule has 0 aliphatic carbocycles. The Kier molecular flexibility index (Phi) is 4.39. The average Bonchev–Trinajstić information content (AvgIpc) is 2.92. The molecule has 122 valence electrons. The highest BCUT2D eigenvalue weighted by molar-refractivity contribution is 8.00. The van der Waals surface area contributed by atoms with Gasteiger partial charge in [-0.25, -0.2) is 9.48 Å². The van der Waals surface area contributed by atoms with Crippen molar-refractivity contribution in [2.45, 2.75) is 19.9 Å². The minimum absolute atomic E-state index is 0.0138. The van der Waals surface area contributed by atoms with Crippen molar-refractivity contribution in [2.75, 3.05) is 18.1 Å². The van der Waals surface area contributed by atoms with Gasteiger partial charge in [0.25, 0.3) is 5.95 Å². The van der Waals surface area contributed by atoms with E-state index < -0.39 is 11.9 Å². The van der Waals surface area contributed by atoms with Crippen molar-refractivity contribution in [2.24, 2.45) is 5.41 Å². The lowest BCUT2D eigenvalue weighted by Crippen LogP contribution is -2.38. The second kappa shape index (κ2) is 6.31. The van der Waals surface area contributed by atoms with E-state index in [2.05, 4.69) is 17.2 Å². The maximum absolute atomic E-state index is 14.0. The van der Waals surface area contributed by atoms with Crippen LogP contribution in [0.15, 0.2) is 30.3 Å². The first-order valence-electron chi connectivity index (χ1n) is 7.41. The lowest BCUT2D eigenvalue weighted by Gasteiger charge is -2.36. The van der Waals surface area contributed by atoms with Crippen molar-refractivity contribution in [3.63, 3.8) is 0 Å². The molecule has 2 heterocycles. The molecule has 1 fully saturated rings. The monoisotopic (exact) mass is 335 g/mol. The van der Waals surface area contributed by atoms with Crippen LogP contribution in [0.3, 0.4) is 0 Å². The predicted octanol–water partition coefficient (Wildman–Crippen LogP) is 2.94. The van der Waals surface area contributed by atoms with Gasteiger partial charge in [0.2, 0.25) is 5.69 Å². The number of ether oxygens (including phenoxy) is 1. The molecule has 1 aromatic heterocycles. The molecule has 0 radical (unpaired) electrons. The fraction of sp³-hybridized carbons (Fsp3) is 0.438. The van der Waals surface area contributed by atoms with Crippen LogP contribution in [0, 0.1) is 11.4 Å². The highest BCUT2D eigenvalue weighted by atomic mass is 32.2. The highest BCUT2D eigenvalue weighted by Crippen LogP contribution is 2.37. The third-order valence-corrected chi connectivity index (χ3v) is 5.75. The summed E-state index contributed by atoms with van der Waals surface area (Å²) in [6.07, 6.45) is 0. The van der Waals surface area contributed by atoms with Crippen LogP contribution < -0.4 is 0 Å². The molecule has 1 aliphatic heterocycles. The van der Waals surface area contributed by atoms with Gasteiger partial charge in [0.05, 0.1) is 12.6 Å². The zero-order valence-electron chi connectivity index (χ0n) is 13.0. The molecule has 2 aromatic rings. The van der Waals surface area contributed by atoms with E-state index in [1.54, 1.807) is 11.8 Å². The summed E-state index contributed by atoms with van der Waals surface area (Å²) < 4.78 is 20.5. The standard InChI is InChI=1S/C16H18FN3O2S/c1-11(12-6-4-3-5-7-12)20-13(14(17)18-19-20)15(21)22-8-16(2)9-23-10-16/h3-7,11H,8-10H2,1-2H3/t11-/m1/s1. The third-order valence-electron chi connectivity index (χ3n) is 3.95. The van der Waals surface area contributed by atoms with Gasteiger partial charge in [-0.15, -0.1) is 0 Å². The molecular formula is C16H18FN3O2S. The van der Waals surface area contributed by atoms with Crippen molar-refractivity contribution in [3.05, 3.63) is 47.5 Å². The molecule has 0 saturated carbocycles. The molecule has 23 heavy (non-hydrogen) atoms. The molecular weight excluding hydrogens is 317 g/mol. The van der Waals surface area contributed by atoms with Crippen molar-refractivity contribution < 1.29 is 13.9 Å². The Labute approximate surface area is 138 Å². The summed E-state index contributed by atoms with van der Waals surface area (Å²) in [5.74, 6) is 0.279. The lowest BCUT2D eigenvalue weighted by atomic mass is 9.96. The summed E-state index contributed by atoms with van der Waals surface area (Å²) >= 11 is 1.81. The molecule has 0 bridgehead atoms. The van der Waals surface area contributed by atoms with Crippen LogP contribution in [-0.4, -0.2) is 39.1 Å². The Balaban J connectivity index is 1.79. The first kappa shape index (κ1) is 16.0. The molecule has 1 aromatic carbocycles. The van der Waals surface area contributed by atoms with E-state index in [1.807, 2.05) is 37.3 Å². The Hall–Kier alpha value is -1.89. The second-order valence-corrected chi connectivity index (χ2v) is 7.13. The van der Waals surface area contributed by atoms with Gasteiger partial charge in [0.1, 0.15) is 0 Å².